The largest absolute Gasteiger partial charge is 0.375 e. The second-order valence-electron chi connectivity index (χ2n) is 4.69. The van der Waals surface area contributed by atoms with Crippen LogP contribution in [0.1, 0.15) is 18.1 Å². The number of amides is 1. The Morgan fingerprint density at radius 3 is 2.43 bits per heavy atom. The van der Waals surface area contributed by atoms with Gasteiger partial charge in [-0.1, -0.05) is 58.4 Å². The van der Waals surface area contributed by atoms with Gasteiger partial charge in [0.15, 0.2) is 5.60 Å². The van der Waals surface area contributed by atoms with Crippen LogP contribution >= 0.6 is 15.9 Å². The number of benzene rings is 2. The third-order valence-corrected chi connectivity index (χ3v) is 3.56. The molecule has 2 rings (SSSR count). The van der Waals surface area contributed by atoms with Crippen molar-refractivity contribution >= 4 is 28.1 Å². The van der Waals surface area contributed by atoms with Crippen LogP contribution in [0.3, 0.4) is 0 Å². The zero-order valence-electron chi connectivity index (χ0n) is 11.5. The average Bonchev–Trinajstić information content (AvgIpc) is 2.50. The topological polar surface area (TPSA) is 61.7 Å². The molecule has 1 amide bonds. The van der Waals surface area contributed by atoms with Gasteiger partial charge < -0.3 is 5.11 Å². The first-order valence-electron chi connectivity index (χ1n) is 6.37. The molecule has 21 heavy (non-hydrogen) atoms. The minimum Gasteiger partial charge on any atom is -0.375 e. The van der Waals surface area contributed by atoms with Crippen molar-refractivity contribution in [2.75, 3.05) is 0 Å². The summed E-state index contributed by atoms with van der Waals surface area (Å²) in [6.07, 6.45) is 1.52. The van der Waals surface area contributed by atoms with Crippen molar-refractivity contribution in [3.63, 3.8) is 0 Å². The quantitative estimate of drug-likeness (QED) is 0.660. The lowest BCUT2D eigenvalue weighted by atomic mass is 9.95. The Balaban J connectivity index is 2.03. The highest BCUT2D eigenvalue weighted by molar-refractivity contribution is 9.10. The molecule has 0 saturated carbocycles. The molecular formula is C16H15BrN2O2. The lowest BCUT2D eigenvalue weighted by molar-refractivity contribution is -0.138. The monoisotopic (exact) mass is 346 g/mol. The van der Waals surface area contributed by atoms with E-state index in [0.717, 1.165) is 10.0 Å². The maximum absolute atomic E-state index is 12.0. The molecule has 0 aliphatic heterocycles. The predicted octanol–water partition coefficient (Wildman–Crippen LogP) is 2.81. The number of nitrogens with zero attached hydrogens (tertiary/aromatic N) is 1. The minimum atomic E-state index is -1.63. The van der Waals surface area contributed by atoms with E-state index < -0.39 is 11.5 Å². The number of hydrazone groups is 1. The standard InChI is InChI=1S/C16H15BrN2O2/c1-16(21,13-5-3-2-4-6-13)15(20)19-18-11-12-7-9-14(17)10-8-12/h2-11,21H,1H3,(H,19,20)/t16-/m0/s1. The number of carbonyl (C=O) groups is 1. The second-order valence-corrected chi connectivity index (χ2v) is 5.60. The molecule has 2 N–H and O–H groups in total. The van der Waals surface area contributed by atoms with Crippen LogP contribution in [0.4, 0.5) is 0 Å². The Morgan fingerprint density at radius 1 is 1.19 bits per heavy atom. The number of hydrogen-bond donors (Lipinski definition) is 2. The van der Waals surface area contributed by atoms with Gasteiger partial charge in [0.05, 0.1) is 6.21 Å². The van der Waals surface area contributed by atoms with Gasteiger partial charge in [-0.25, -0.2) is 5.43 Å². The Hall–Kier alpha value is -1.98. The molecule has 0 aromatic heterocycles. The zero-order valence-corrected chi connectivity index (χ0v) is 13.0. The first kappa shape index (κ1) is 15.4. The molecule has 5 heteroatoms. The molecule has 108 valence electrons. The van der Waals surface area contributed by atoms with E-state index in [0.29, 0.717) is 5.56 Å². The third kappa shape index (κ3) is 4.00. The smallest absolute Gasteiger partial charge is 0.276 e. The summed E-state index contributed by atoms with van der Waals surface area (Å²) >= 11 is 3.34. The lowest BCUT2D eigenvalue weighted by Crippen LogP contribution is -2.40. The molecule has 4 nitrogen and oxygen atoms in total. The van der Waals surface area contributed by atoms with Crippen molar-refractivity contribution < 1.29 is 9.90 Å². The first-order valence-corrected chi connectivity index (χ1v) is 7.16. The summed E-state index contributed by atoms with van der Waals surface area (Å²) in [4.78, 5) is 12.0. The Kier molecular flexibility index (Phi) is 4.88. The molecule has 2 aromatic carbocycles. The van der Waals surface area contributed by atoms with Crippen LogP contribution in [0, 0.1) is 0 Å². The highest BCUT2D eigenvalue weighted by Gasteiger charge is 2.31. The number of rotatable bonds is 4. The summed E-state index contributed by atoms with van der Waals surface area (Å²) in [5.74, 6) is -0.581. The fourth-order valence-electron chi connectivity index (χ4n) is 1.72. The van der Waals surface area contributed by atoms with Gasteiger partial charge in [0.25, 0.3) is 5.91 Å². The molecule has 1 atom stereocenters. The van der Waals surface area contributed by atoms with Gasteiger partial charge in [0.2, 0.25) is 0 Å². The molecule has 2 aromatic rings. The van der Waals surface area contributed by atoms with Gasteiger partial charge in [-0.2, -0.15) is 5.10 Å². The highest BCUT2D eigenvalue weighted by Crippen LogP contribution is 2.20. The number of carbonyl (C=O) groups excluding carboxylic acids is 1. The fourth-order valence-corrected chi connectivity index (χ4v) is 1.98. The van der Waals surface area contributed by atoms with Crippen molar-refractivity contribution in [1.82, 2.24) is 5.43 Å². The normalized spacial score (nSPS) is 13.9. The van der Waals surface area contributed by atoms with E-state index in [1.807, 2.05) is 30.3 Å². The summed E-state index contributed by atoms with van der Waals surface area (Å²) in [7, 11) is 0. The number of hydrogen-bond acceptors (Lipinski definition) is 3. The van der Waals surface area contributed by atoms with E-state index in [1.165, 1.54) is 13.1 Å². The van der Waals surface area contributed by atoms with Crippen molar-refractivity contribution in [2.45, 2.75) is 12.5 Å². The fraction of sp³-hybridized carbons (Fsp3) is 0.125. The Labute approximate surface area is 131 Å². The second kappa shape index (κ2) is 6.65. The third-order valence-electron chi connectivity index (χ3n) is 3.03. The Bertz CT molecular complexity index is 637. The molecule has 0 unspecified atom stereocenters. The van der Waals surface area contributed by atoms with Gasteiger partial charge >= 0.3 is 0 Å². The van der Waals surface area contributed by atoms with E-state index in [1.54, 1.807) is 24.3 Å². The summed E-state index contributed by atoms with van der Waals surface area (Å²) in [5, 5.41) is 14.2. The van der Waals surface area contributed by atoms with Gasteiger partial charge in [-0.3, -0.25) is 4.79 Å². The molecule has 0 heterocycles. The molecule has 0 bridgehead atoms. The molecule has 0 aliphatic rings. The van der Waals surface area contributed by atoms with E-state index in [4.69, 9.17) is 0 Å². The number of halogens is 1. The number of aliphatic hydroxyl groups is 1. The van der Waals surface area contributed by atoms with Crippen molar-refractivity contribution in [1.29, 1.82) is 0 Å². The van der Waals surface area contributed by atoms with Crippen LogP contribution in [-0.4, -0.2) is 17.2 Å². The van der Waals surface area contributed by atoms with Crippen LogP contribution in [0.15, 0.2) is 64.2 Å². The first-order chi connectivity index (χ1) is 10.00. The van der Waals surface area contributed by atoms with Gasteiger partial charge in [0.1, 0.15) is 0 Å². The summed E-state index contributed by atoms with van der Waals surface area (Å²) in [6, 6.07) is 16.2. The van der Waals surface area contributed by atoms with Crippen LogP contribution in [0.25, 0.3) is 0 Å². The van der Waals surface area contributed by atoms with Gasteiger partial charge in [0, 0.05) is 4.47 Å². The SMILES string of the molecule is C[C@@](O)(C(=O)NN=Cc1ccc(Br)cc1)c1ccccc1. The molecule has 0 spiro atoms. The summed E-state index contributed by atoms with van der Waals surface area (Å²) in [5.41, 5.74) is 2.09. The van der Waals surface area contributed by atoms with E-state index in [-0.39, 0.29) is 0 Å². The van der Waals surface area contributed by atoms with Gasteiger partial charge in [-0.05, 0) is 30.2 Å². The average molecular weight is 347 g/mol. The van der Waals surface area contributed by atoms with E-state index in [9.17, 15) is 9.90 Å². The van der Waals surface area contributed by atoms with Crippen molar-refractivity contribution in [3.8, 4) is 0 Å². The highest BCUT2D eigenvalue weighted by atomic mass is 79.9. The van der Waals surface area contributed by atoms with E-state index >= 15 is 0 Å². The maximum atomic E-state index is 12.0. The number of nitrogens with one attached hydrogen (secondary N) is 1. The molecule has 0 radical (unpaired) electrons. The molecule has 0 aliphatic carbocycles. The van der Waals surface area contributed by atoms with Crippen molar-refractivity contribution in [2.24, 2.45) is 5.10 Å². The molecule has 0 saturated heterocycles. The van der Waals surface area contributed by atoms with E-state index in [2.05, 4.69) is 26.5 Å². The predicted molar refractivity (Wildman–Crippen MR) is 85.9 cm³/mol. The Morgan fingerprint density at radius 2 is 1.81 bits per heavy atom. The van der Waals surface area contributed by atoms with Gasteiger partial charge in [-0.15, -0.1) is 0 Å². The van der Waals surface area contributed by atoms with Crippen LogP contribution in [0.5, 0.6) is 0 Å². The molecular weight excluding hydrogens is 332 g/mol. The minimum absolute atomic E-state index is 0.515. The molecule has 0 fully saturated rings. The van der Waals surface area contributed by atoms with Crippen LogP contribution in [-0.2, 0) is 10.4 Å². The van der Waals surface area contributed by atoms with Crippen molar-refractivity contribution in [3.05, 3.63) is 70.2 Å². The maximum Gasteiger partial charge on any atom is 0.276 e. The summed E-state index contributed by atoms with van der Waals surface area (Å²) in [6.45, 7) is 1.44. The van der Waals surface area contributed by atoms with Crippen LogP contribution < -0.4 is 5.43 Å². The van der Waals surface area contributed by atoms with Crippen LogP contribution in [0.2, 0.25) is 0 Å². The summed E-state index contributed by atoms with van der Waals surface area (Å²) < 4.78 is 0.968. The zero-order chi connectivity index (χ0) is 15.3. The lowest BCUT2D eigenvalue weighted by Gasteiger charge is -2.21.